The van der Waals surface area contributed by atoms with Crippen molar-refractivity contribution in [2.45, 2.75) is 26.4 Å². The molecule has 8 heteroatoms. The Morgan fingerprint density at radius 1 is 0.967 bits per heavy atom. The second-order valence-electron chi connectivity index (χ2n) is 6.84. The Morgan fingerprint density at radius 3 is 2.37 bits per heavy atom. The highest BCUT2D eigenvalue weighted by molar-refractivity contribution is 6.37. The molecule has 1 aliphatic heterocycles. The molecule has 0 bridgehead atoms. The van der Waals surface area contributed by atoms with Gasteiger partial charge in [0, 0.05) is 12.6 Å². The third kappa shape index (κ3) is 4.27. The Kier molecular flexibility index (Phi) is 6.36. The van der Waals surface area contributed by atoms with Crippen LogP contribution in [0.3, 0.4) is 0 Å². The SMILES string of the molecule is CCCCN1C(=O)C(=C(N)N)C(=O)N(c2cccc(OCc3ccccc3)c2)C1=O. The lowest BCUT2D eigenvalue weighted by Gasteiger charge is -2.34. The summed E-state index contributed by atoms with van der Waals surface area (Å²) in [6.07, 6.45) is 1.36. The number of anilines is 1. The van der Waals surface area contributed by atoms with Crippen molar-refractivity contribution in [2.75, 3.05) is 11.4 Å². The summed E-state index contributed by atoms with van der Waals surface area (Å²) in [6.45, 7) is 2.43. The predicted molar refractivity (Wildman–Crippen MR) is 112 cm³/mol. The van der Waals surface area contributed by atoms with Crippen LogP contribution in [0.15, 0.2) is 66.0 Å². The molecule has 0 aliphatic carbocycles. The van der Waals surface area contributed by atoms with Crippen LogP contribution in [0.1, 0.15) is 25.3 Å². The Balaban J connectivity index is 1.90. The van der Waals surface area contributed by atoms with E-state index in [1.165, 1.54) is 0 Å². The van der Waals surface area contributed by atoms with Gasteiger partial charge in [-0.1, -0.05) is 49.7 Å². The predicted octanol–water partition coefficient (Wildman–Crippen LogP) is 2.49. The Bertz CT molecular complexity index is 984. The summed E-state index contributed by atoms with van der Waals surface area (Å²) >= 11 is 0. The first-order valence-corrected chi connectivity index (χ1v) is 9.66. The number of rotatable bonds is 7. The summed E-state index contributed by atoms with van der Waals surface area (Å²) in [4.78, 5) is 40.4. The number of nitrogens with zero attached hydrogens (tertiary/aromatic N) is 2. The van der Waals surface area contributed by atoms with Crippen molar-refractivity contribution in [3.05, 3.63) is 71.6 Å². The summed E-state index contributed by atoms with van der Waals surface area (Å²) in [7, 11) is 0. The number of hydrogen-bond donors (Lipinski definition) is 2. The number of nitrogens with two attached hydrogens (primary N) is 2. The molecule has 3 rings (SSSR count). The molecular formula is C22H24N4O4. The molecule has 4 amide bonds. The molecule has 2 aromatic rings. The molecule has 0 aromatic heterocycles. The highest BCUT2D eigenvalue weighted by Gasteiger charge is 2.43. The standard InChI is InChI=1S/C22H24N4O4/c1-2-3-12-25-20(27)18(19(23)24)21(28)26(22(25)29)16-10-7-11-17(13-16)30-14-15-8-5-4-6-9-15/h4-11,13H,2-3,12,14,23-24H2,1H3. The first-order valence-electron chi connectivity index (χ1n) is 9.66. The monoisotopic (exact) mass is 408 g/mol. The van der Waals surface area contributed by atoms with Crippen LogP contribution in [0.4, 0.5) is 10.5 Å². The van der Waals surface area contributed by atoms with E-state index in [0.29, 0.717) is 18.8 Å². The van der Waals surface area contributed by atoms with Crippen LogP contribution in [-0.2, 0) is 16.2 Å². The largest absolute Gasteiger partial charge is 0.489 e. The van der Waals surface area contributed by atoms with E-state index < -0.39 is 29.2 Å². The molecule has 156 valence electrons. The Morgan fingerprint density at radius 2 is 1.70 bits per heavy atom. The van der Waals surface area contributed by atoms with Gasteiger partial charge < -0.3 is 16.2 Å². The normalized spacial score (nSPS) is 14.3. The van der Waals surface area contributed by atoms with Crippen molar-refractivity contribution in [1.82, 2.24) is 4.90 Å². The number of unbranched alkanes of at least 4 members (excludes halogenated alkanes) is 1. The summed E-state index contributed by atoms with van der Waals surface area (Å²) in [5.74, 6) is -1.56. The fourth-order valence-electron chi connectivity index (χ4n) is 3.07. The van der Waals surface area contributed by atoms with E-state index in [2.05, 4.69) is 0 Å². The Hall–Kier alpha value is -3.81. The molecule has 8 nitrogen and oxygen atoms in total. The number of barbiturate groups is 1. The zero-order chi connectivity index (χ0) is 21.7. The molecule has 1 fully saturated rings. The van der Waals surface area contributed by atoms with Crippen molar-refractivity contribution < 1.29 is 19.1 Å². The van der Waals surface area contributed by atoms with E-state index in [9.17, 15) is 14.4 Å². The molecule has 0 spiro atoms. The van der Waals surface area contributed by atoms with Crippen LogP contribution in [-0.4, -0.2) is 29.3 Å². The van der Waals surface area contributed by atoms with Gasteiger partial charge in [0.1, 0.15) is 23.8 Å². The third-order valence-electron chi connectivity index (χ3n) is 4.65. The topological polar surface area (TPSA) is 119 Å². The molecular weight excluding hydrogens is 384 g/mol. The lowest BCUT2D eigenvalue weighted by Crippen LogP contribution is -2.57. The van der Waals surface area contributed by atoms with E-state index in [0.717, 1.165) is 21.8 Å². The van der Waals surface area contributed by atoms with Crippen molar-refractivity contribution in [3.63, 3.8) is 0 Å². The number of ether oxygens (including phenoxy) is 1. The minimum Gasteiger partial charge on any atom is -0.489 e. The molecule has 4 N–H and O–H groups in total. The van der Waals surface area contributed by atoms with Crippen LogP contribution < -0.4 is 21.1 Å². The second kappa shape index (κ2) is 9.13. The first-order chi connectivity index (χ1) is 14.4. The summed E-state index contributed by atoms with van der Waals surface area (Å²) in [6, 6.07) is 15.4. The fourth-order valence-corrected chi connectivity index (χ4v) is 3.07. The highest BCUT2D eigenvalue weighted by Crippen LogP contribution is 2.28. The molecule has 0 radical (unpaired) electrons. The van der Waals surface area contributed by atoms with Gasteiger partial charge in [0.2, 0.25) is 0 Å². The third-order valence-corrected chi connectivity index (χ3v) is 4.65. The maximum atomic E-state index is 13.0. The summed E-state index contributed by atoms with van der Waals surface area (Å²) < 4.78 is 5.79. The molecule has 30 heavy (non-hydrogen) atoms. The summed E-state index contributed by atoms with van der Waals surface area (Å²) in [5.41, 5.74) is 12.0. The van der Waals surface area contributed by atoms with Crippen LogP contribution in [0.2, 0.25) is 0 Å². The van der Waals surface area contributed by atoms with Crippen LogP contribution in [0.25, 0.3) is 0 Å². The zero-order valence-electron chi connectivity index (χ0n) is 16.7. The van der Waals surface area contributed by atoms with Gasteiger partial charge in [-0.2, -0.15) is 0 Å². The summed E-state index contributed by atoms with van der Waals surface area (Å²) in [5, 5.41) is 0. The van der Waals surface area contributed by atoms with Crippen LogP contribution >= 0.6 is 0 Å². The van der Waals surface area contributed by atoms with Crippen molar-refractivity contribution in [1.29, 1.82) is 0 Å². The number of amides is 4. The molecule has 1 aliphatic rings. The van der Waals surface area contributed by atoms with Gasteiger partial charge in [-0.05, 0) is 24.1 Å². The van der Waals surface area contributed by atoms with E-state index in [4.69, 9.17) is 16.2 Å². The maximum absolute atomic E-state index is 13.0. The van der Waals surface area contributed by atoms with Gasteiger partial charge in [0.25, 0.3) is 11.8 Å². The number of carbonyl (C=O) groups is 3. The lowest BCUT2D eigenvalue weighted by atomic mass is 10.1. The van der Waals surface area contributed by atoms with Crippen LogP contribution in [0, 0.1) is 0 Å². The van der Waals surface area contributed by atoms with E-state index in [1.54, 1.807) is 24.3 Å². The first kappa shape index (κ1) is 20.9. The van der Waals surface area contributed by atoms with Crippen molar-refractivity contribution in [2.24, 2.45) is 11.5 Å². The molecule has 0 atom stereocenters. The van der Waals surface area contributed by atoms with Gasteiger partial charge in [-0.15, -0.1) is 0 Å². The molecule has 2 aromatic carbocycles. The van der Waals surface area contributed by atoms with Crippen molar-refractivity contribution >= 4 is 23.5 Å². The van der Waals surface area contributed by atoms with Gasteiger partial charge in [0.15, 0.2) is 0 Å². The number of carbonyl (C=O) groups excluding carboxylic acids is 3. The molecule has 0 saturated carbocycles. The Labute approximate surface area is 174 Å². The minimum absolute atomic E-state index is 0.166. The van der Waals surface area contributed by atoms with E-state index in [1.807, 2.05) is 37.3 Å². The fraction of sp³-hybridized carbons (Fsp3) is 0.227. The molecule has 1 heterocycles. The lowest BCUT2D eigenvalue weighted by molar-refractivity contribution is -0.129. The second-order valence-corrected chi connectivity index (χ2v) is 6.84. The van der Waals surface area contributed by atoms with E-state index >= 15 is 0 Å². The molecule has 0 unspecified atom stereocenters. The smallest absolute Gasteiger partial charge is 0.338 e. The maximum Gasteiger partial charge on any atom is 0.338 e. The van der Waals surface area contributed by atoms with Crippen LogP contribution in [0.5, 0.6) is 5.75 Å². The quantitative estimate of drug-likeness (QED) is 0.537. The molecule has 1 saturated heterocycles. The minimum atomic E-state index is -0.849. The van der Waals surface area contributed by atoms with Gasteiger partial charge in [0.05, 0.1) is 5.69 Å². The zero-order valence-corrected chi connectivity index (χ0v) is 16.7. The number of hydrogen-bond acceptors (Lipinski definition) is 6. The van der Waals surface area contributed by atoms with Gasteiger partial charge in [-0.25, -0.2) is 9.69 Å². The van der Waals surface area contributed by atoms with Crippen molar-refractivity contribution in [3.8, 4) is 5.75 Å². The number of benzene rings is 2. The number of imide groups is 2. The van der Waals surface area contributed by atoms with Gasteiger partial charge >= 0.3 is 6.03 Å². The number of urea groups is 1. The van der Waals surface area contributed by atoms with Gasteiger partial charge in [-0.3, -0.25) is 14.5 Å². The van der Waals surface area contributed by atoms with E-state index in [-0.39, 0.29) is 12.2 Å². The highest BCUT2D eigenvalue weighted by atomic mass is 16.5. The average molecular weight is 408 g/mol. The average Bonchev–Trinajstić information content (AvgIpc) is 2.73.